The average molecular weight is 220 g/mol. The molecule has 0 spiro atoms. The largest absolute Gasteiger partial charge is 0.520 e. The fourth-order valence-electron chi connectivity index (χ4n) is 1.07. The molecule has 0 unspecified atom stereocenters. The Morgan fingerprint density at radius 1 is 1.40 bits per heavy atom. The Labute approximate surface area is 92.9 Å². The van der Waals surface area contributed by atoms with E-state index in [1.165, 1.54) is 0 Å². The summed E-state index contributed by atoms with van der Waals surface area (Å²) < 4.78 is 5.24. The molecule has 0 saturated carbocycles. The van der Waals surface area contributed by atoms with Gasteiger partial charge in [0.2, 0.25) is 0 Å². The van der Waals surface area contributed by atoms with Gasteiger partial charge in [0.05, 0.1) is 0 Å². The van der Waals surface area contributed by atoms with Crippen LogP contribution < -0.4 is 5.19 Å². The SMILES string of the molecule is C=Cc1ccc([SiH2]OC(=O)C(C)C)cc1. The minimum Gasteiger partial charge on any atom is -0.520 e. The van der Waals surface area contributed by atoms with Gasteiger partial charge in [0, 0.05) is 5.92 Å². The van der Waals surface area contributed by atoms with Crippen LogP contribution in [0.25, 0.3) is 6.08 Å². The van der Waals surface area contributed by atoms with Crippen molar-refractivity contribution in [1.82, 2.24) is 0 Å². The summed E-state index contributed by atoms with van der Waals surface area (Å²) in [4.78, 5) is 11.2. The predicted octanol–water partition coefficient (Wildman–Crippen LogP) is 1.24. The van der Waals surface area contributed by atoms with Gasteiger partial charge in [-0.3, -0.25) is 4.79 Å². The van der Waals surface area contributed by atoms with Crippen molar-refractivity contribution in [3.05, 3.63) is 36.4 Å². The van der Waals surface area contributed by atoms with Crippen LogP contribution in [-0.2, 0) is 9.22 Å². The Bertz CT molecular complexity index is 341. The van der Waals surface area contributed by atoms with Crippen LogP contribution in [0.3, 0.4) is 0 Å². The van der Waals surface area contributed by atoms with Crippen molar-refractivity contribution < 1.29 is 9.22 Å². The standard InChI is InChI=1S/C12H16O2Si/c1-4-10-5-7-11(8-6-10)15-14-12(13)9(2)3/h4-9H,1,15H2,2-3H3. The third kappa shape index (κ3) is 3.71. The second-order valence-corrected chi connectivity index (χ2v) is 5.10. The summed E-state index contributed by atoms with van der Waals surface area (Å²) in [5.41, 5.74) is 1.09. The zero-order valence-corrected chi connectivity index (χ0v) is 10.6. The molecule has 1 aromatic carbocycles. The highest BCUT2D eigenvalue weighted by Crippen LogP contribution is 1.98. The number of rotatable bonds is 4. The van der Waals surface area contributed by atoms with Gasteiger partial charge in [-0.25, -0.2) is 0 Å². The molecule has 15 heavy (non-hydrogen) atoms. The second-order valence-electron chi connectivity index (χ2n) is 3.71. The van der Waals surface area contributed by atoms with E-state index in [0.717, 1.165) is 10.8 Å². The number of carbonyl (C=O) groups excluding carboxylic acids is 1. The van der Waals surface area contributed by atoms with Crippen LogP contribution in [0.5, 0.6) is 0 Å². The fourth-order valence-corrected chi connectivity index (χ4v) is 2.14. The maximum absolute atomic E-state index is 11.2. The summed E-state index contributed by atoms with van der Waals surface area (Å²) in [5.74, 6) is -0.139. The molecule has 0 fully saturated rings. The first-order chi connectivity index (χ1) is 7.13. The Kier molecular flexibility index (Phi) is 4.30. The van der Waals surface area contributed by atoms with Crippen LogP contribution in [0, 0.1) is 5.92 Å². The van der Waals surface area contributed by atoms with Crippen LogP contribution in [0.2, 0.25) is 0 Å². The van der Waals surface area contributed by atoms with E-state index in [9.17, 15) is 4.79 Å². The number of hydrogen-bond donors (Lipinski definition) is 0. The lowest BCUT2D eigenvalue weighted by Gasteiger charge is -2.07. The first kappa shape index (κ1) is 11.7. The summed E-state index contributed by atoms with van der Waals surface area (Å²) in [5, 5.41) is 1.13. The summed E-state index contributed by atoms with van der Waals surface area (Å²) in [6.07, 6.45) is 1.80. The lowest BCUT2D eigenvalue weighted by Crippen LogP contribution is -2.23. The van der Waals surface area contributed by atoms with E-state index in [4.69, 9.17) is 4.43 Å². The molecule has 0 saturated heterocycles. The van der Waals surface area contributed by atoms with E-state index >= 15 is 0 Å². The summed E-state index contributed by atoms with van der Waals surface area (Å²) in [6.45, 7) is 7.37. The minimum absolute atomic E-state index is 0.0371. The van der Waals surface area contributed by atoms with E-state index in [2.05, 4.69) is 6.58 Å². The van der Waals surface area contributed by atoms with E-state index in [1.54, 1.807) is 6.08 Å². The van der Waals surface area contributed by atoms with Gasteiger partial charge >= 0.3 is 0 Å². The molecule has 0 heterocycles. The van der Waals surface area contributed by atoms with Gasteiger partial charge in [0.1, 0.15) is 0 Å². The molecule has 80 valence electrons. The molecule has 0 amide bonds. The van der Waals surface area contributed by atoms with Gasteiger partial charge in [-0.05, 0) is 10.8 Å². The maximum Gasteiger partial charge on any atom is 0.294 e. The van der Waals surface area contributed by atoms with Gasteiger partial charge in [-0.1, -0.05) is 50.8 Å². The molecule has 2 nitrogen and oxygen atoms in total. The van der Waals surface area contributed by atoms with Crippen LogP contribution >= 0.6 is 0 Å². The Morgan fingerprint density at radius 2 is 2.00 bits per heavy atom. The number of benzene rings is 1. The summed E-state index contributed by atoms with van der Waals surface area (Å²) >= 11 is 0. The molecule has 1 aromatic rings. The molecule has 0 atom stereocenters. The van der Waals surface area contributed by atoms with E-state index in [-0.39, 0.29) is 11.9 Å². The molecule has 1 rings (SSSR count). The lowest BCUT2D eigenvalue weighted by atomic mass is 10.2. The van der Waals surface area contributed by atoms with Crippen molar-refractivity contribution in [1.29, 1.82) is 0 Å². The number of carbonyl (C=O) groups is 1. The zero-order chi connectivity index (χ0) is 11.3. The lowest BCUT2D eigenvalue weighted by molar-refractivity contribution is -0.137. The van der Waals surface area contributed by atoms with E-state index in [1.807, 2.05) is 38.1 Å². The fraction of sp³-hybridized carbons (Fsp3) is 0.250. The highest BCUT2D eigenvalue weighted by atomic mass is 28.2. The third-order valence-electron chi connectivity index (χ3n) is 2.07. The Balaban J connectivity index is 2.51. The second kappa shape index (κ2) is 5.51. The first-order valence-electron chi connectivity index (χ1n) is 5.01. The molecule has 0 aliphatic heterocycles. The average Bonchev–Trinajstić information content (AvgIpc) is 2.26. The zero-order valence-electron chi connectivity index (χ0n) is 9.19. The van der Waals surface area contributed by atoms with Gasteiger partial charge in [-0.15, -0.1) is 0 Å². The molecular weight excluding hydrogens is 204 g/mol. The van der Waals surface area contributed by atoms with Crippen molar-refractivity contribution in [2.24, 2.45) is 5.92 Å². The molecule has 0 aromatic heterocycles. The van der Waals surface area contributed by atoms with Gasteiger partial charge < -0.3 is 4.43 Å². The maximum atomic E-state index is 11.2. The summed E-state index contributed by atoms with van der Waals surface area (Å²) in [7, 11) is -0.909. The molecule has 0 N–H and O–H groups in total. The Hall–Kier alpha value is -1.35. The quantitative estimate of drug-likeness (QED) is 0.714. The summed E-state index contributed by atoms with van der Waals surface area (Å²) in [6, 6.07) is 7.96. The van der Waals surface area contributed by atoms with E-state index in [0.29, 0.717) is 0 Å². The first-order valence-corrected chi connectivity index (χ1v) is 6.30. The molecule has 0 bridgehead atoms. The van der Waals surface area contributed by atoms with Crippen LogP contribution in [0.1, 0.15) is 19.4 Å². The molecule has 0 aliphatic carbocycles. The molecule has 0 aliphatic rings. The predicted molar refractivity (Wildman–Crippen MR) is 65.6 cm³/mol. The molecule has 3 heteroatoms. The minimum atomic E-state index is -0.909. The Morgan fingerprint density at radius 3 is 2.47 bits per heavy atom. The smallest absolute Gasteiger partial charge is 0.294 e. The molecule has 0 radical (unpaired) electrons. The highest BCUT2D eigenvalue weighted by molar-refractivity contribution is 6.48. The van der Waals surface area contributed by atoms with Crippen LogP contribution in [-0.4, -0.2) is 15.7 Å². The van der Waals surface area contributed by atoms with Crippen molar-refractivity contribution in [2.75, 3.05) is 0 Å². The third-order valence-corrected chi connectivity index (χ3v) is 3.30. The van der Waals surface area contributed by atoms with Crippen molar-refractivity contribution in [3.8, 4) is 0 Å². The van der Waals surface area contributed by atoms with Crippen molar-refractivity contribution >= 4 is 27.0 Å². The van der Waals surface area contributed by atoms with Crippen molar-refractivity contribution in [2.45, 2.75) is 13.8 Å². The van der Waals surface area contributed by atoms with Gasteiger partial charge in [0.15, 0.2) is 0 Å². The van der Waals surface area contributed by atoms with Gasteiger partial charge in [0.25, 0.3) is 15.7 Å². The van der Waals surface area contributed by atoms with Crippen LogP contribution in [0.4, 0.5) is 0 Å². The van der Waals surface area contributed by atoms with Gasteiger partial charge in [-0.2, -0.15) is 0 Å². The van der Waals surface area contributed by atoms with Crippen LogP contribution in [0.15, 0.2) is 30.8 Å². The van der Waals surface area contributed by atoms with E-state index < -0.39 is 9.76 Å². The highest BCUT2D eigenvalue weighted by Gasteiger charge is 2.07. The monoisotopic (exact) mass is 220 g/mol. The van der Waals surface area contributed by atoms with Crippen molar-refractivity contribution in [3.63, 3.8) is 0 Å². The number of hydrogen-bond acceptors (Lipinski definition) is 2. The normalized spacial score (nSPS) is 10.9. The molecular formula is C12H16O2Si. The topological polar surface area (TPSA) is 26.3 Å².